The van der Waals surface area contributed by atoms with E-state index in [1.807, 2.05) is 26.8 Å². The molecule has 3 N–H and O–H groups in total. The third kappa shape index (κ3) is 7.68. The van der Waals surface area contributed by atoms with Crippen LogP contribution in [0.4, 0.5) is 5.82 Å². The molecular weight excluding hydrogens is 589 g/mol. The number of carbonyl (C=O) groups excluding carboxylic acids is 2. The van der Waals surface area contributed by atoms with Crippen molar-refractivity contribution in [3.8, 4) is 6.07 Å². The Kier molecular flexibility index (Phi) is 9.20. The molecule has 0 spiro atoms. The SMILES string of the molecule is CC(=O)OCC(COP(=O)(O)OC[C@@]1(C#N)O[C@@H](c2ccc3c(N)ncnn23)[C@@H]2OC(C)(C)O[C@@H]21)OC(=O)CC(C)(C)C. The Hall–Kier alpha value is -3.16. The van der Waals surface area contributed by atoms with Crippen LogP contribution in [-0.4, -0.2) is 81.0 Å². The Morgan fingerprint density at radius 1 is 1.23 bits per heavy atom. The minimum absolute atomic E-state index is 0.0383. The van der Waals surface area contributed by atoms with Crippen LogP contribution in [-0.2, 0) is 46.9 Å². The predicted octanol–water partition coefficient (Wildman–Crippen LogP) is 2.21. The lowest BCUT2D eigenvalue weighted by atomic mass is 9.92. The number of hydrogen-bond donors (Lipinski definition) is 2. The predicted molar refractivity (Wildman–Crippen MR) is 146 cm³/mol. The first kappa shape index (κ1) is 32.7. The number of carbonyl (C=O) groups is 2. The zero-order valence-electron chi connectivity index (χ0n) is 24.7. The maximum atomic E-state index is 12.9. The molecule has 2 fully saturated rings. The van der Waals surface area contributed by atoms with Crippen molar-refractivity contribution in [2.45, 2.75) is 83.8 Å². The fraction of sp³-hybridized carbons (Fsp3) is 0.654. The minimum atomic E-state index is -4.88. The van der Waals surface area contributed by atoms with E-state index in [1.165, 1.54) is 10.8 Å². The van der Waals surface area contributed by atoms with Gasteiger partial charge in [0.2, 0.25) is 5.60 Å². The number of fused-ring (bicyclic) bond motifs is 2. The van der Waals surface area contributed by atoms with Crippen LogP contribution in [0.2, 0.25) is 0 Å². The molecule has 2 aromatic rings. The molecule has 0 bridgehead atoms. The lowest BCUT2D eigenvalue weighted by Gasteiger charge is -2.29. The lowest BCUT2D eigenvalue weighted by Crippen LogP contribution is -2.45. The van der Waals surface area contributed by atoms with E-state index in [0.717, 1.165) is 6.92 Å². The van der Waals surface area contributed by atoms with Crippen LogP contribution >= 0.6 is 7.82 Å². The Morgan fingerprint density at radius 2 is 1.95 bits per heavy atom. The highest BCUT2D eigenvalue weighted by molar-refractivity contribution is 7.47. The number of aromatic nitrogens is 3. The van der Waals surface area contributed by atoms with Crippen molar-refractivity contribution in [1.29, 1.82) is 5.26 Å². The smallest absolute Gasteiger partial charge is 0.462 e. The number of phosphoric acid groups is 1. The second-order valence-corrected chi connectivity index (χ2v) is 13.4. The third-order valence-electron chi connectivity index (χ3n) is 6.53. The van der Waals surface area contributed by atoms with Crippen LogP contribution in [0, 0.1) is 16.7 Å². The molecule has 16 nitrogen and oxygen atoms in total. The van der Waals surface area contributed by atoms with E-state index >= 15 is 0 Å². The monoisotopic (exact) mass is 625 g/mol. The summed E-state index contributed by atoms with van der Waals surface area (Å²) in [5.41, 5.74) is 4.64. The van der Waals surface area contributed by atoms with E-state index in [2.05, 4.69) is 10.1 Å². The van der Waals surface area contributed by atoms with Gasteiger partial charge in [0.1, 0.15) is 49.4 Å². The summed E-state index contributed by atoms with van der Waals surface area (Å²) in [5.74, 6) is -2.16. The normalized spacial score (nSPS) is 26.8. The van der Waals surface area contributed by atoms with Gasteiger partial charge in [-0.25, -0.2) is 14.1 Å². The number of esters is 2. The molecule has 0 saturated carbocycles. The van der Waals surface area contributed by atoms with Crippen LogP contribution < -0.4 is 5.73 Å². The van der Waals surface area contributed by atoms with E-state index in [9.17, 15) is 24.3 Å². The molecular formula is C26H36N5O11P. The molecule has 2 aliphatic heterocycles. The van der Waals surface area contributed by atoms with Gasteiger partial charge in [0.25, 0.3) is 0 Å². The number of ether oxygens (including phenoxy) is 5. The number of nitrogens with zero attached hydrogens (tertiary/aromatic N) is 4. The van der Waals surface area contributed by atoms with Crippen LogP contribution in [0.3, 0.4) is 0 Å². The first-order valence-electron chi connectivity index (χ1n) is 13.4. The summed E-state index contributed by atoms with van der Waals surface area (Å²) >= 11 is 0. The highest BCUT2D eigenvalue weighted by Gasteiger charge is 2.65. The van der Waals surface area contributed by atoms with Gasteiger partial charge in [-0.1, -0.05) is 20.8 Å². The zero-order chi connectivity index (χ0) is 31.8. The van der Waals surface area contributed by atoms with Gasteiger partial charge in [0.15, 0.2) is 17.7 Å². The summed E-state index contributed by atoms with van der Waals surface area (Å²) < 4.78 is 53.2. The Bertz CT molecular complexity index is 1450. The molecule has 2 saturated heterocycles. The van der Waals surface area contributed by atoms with Gasteiger partial charge < -0.3 is 34.3 Å². The number of nitriles is 1. The highest BCUT2D eigenvalue weighted by Crippen LogP contribution is 2.52. The largest absolute Gasteiger partial charge is 0.472 e. The molecule has 6 atom stereocenters. The van der Waals surface area contributed by atoms with Gasteiger partial charge in [-0.15, -0.1) is 0 Å². The van der Waals surface area contributed by atoms with Crippen molar-refractivity contribution < 1.29 is 51.8 Å². The lowest BCUT2D eigenvalue weighted by molar-refractivity contribution is -0.204. The van der Waals surface area contributed by atoms with E-state index in [1.54, 1.807) is 26.0 Å². The molecule has 0 aromatic carbocycles. The minimum Gasteiger partial charge on any atom is -0.462 e. The molecule has 43 heavy (non-hydrogen) atoms. The Labute approximate surface area is 247 Å². The standard InChI is InChI=1S/C26H36N5O11P/c1-15(32)36-10-16(39-19(33)9-24(2,3)4)11-37-43(34,35)38-13-26(12-27)22-21(40-25(5,6)42-22)20(41-26)17-7-8-18-23(28)29-14-30-31(17)18/h7-8,14,16,20-22H,9-11,13H2,1-6H3,(H,34,35)(H2,28,29,30)/t16?,20-,21-,22-,26+/m0/s1. The summed E-state index contributed by atoms with van der Waals surface area (Å²) in [6.07, 6.45) is -2.69. The van der Waals surface area contributed by atoms with E-state index in [4.69, 9.17) is 38.5 Å². The van der Waals surface area contributed by atoms with Gasteiger partial charge in [-0.3, -0.25) is 18.6 Å². The van der Waals surface area contributed by atoms with Gasteiger partial charge in [-0.05, 0) is 31.4 Å². The van der Waals surface area contributed by atoms with Gasteiger partial charge in [0, 0.05) is 6.92 Å². The van der Waals surface area contributed by atoms with Crippen molar-refractivity contribution in [2.75, 3.05) is 25.6 Å². The maximum Gasteiger partial charge on any atom is 0.472 e. The van der Waals surface area contributed by atoms with Crippen LogP contribution in [0.1, 0.15) is 59.8 Å². The number of nitrogen functional groups attached to an aromatic ring is 1. The van der Waals surface area contributed by atoms with Crippen molar-refractivity contribution in [1.82, 2.24) is 14.6 Å². The second-order valence-electron chi connectivity index (χ2n) is 12.0. The fourth-order valence-corrected chi connectivity index (χ4v) is 5.55. The third-order valence-corrected chi connectivity index (χ3v) is 7.46. The van der Waals surface area contributed by atoms with Gasteiger partial charge >= 0.3 is 19.8 Å². The average molecular weight is 626 g/mol. The topological polar surface area (TPSA) is 216 Å². The molecule has 4 heterocycles. The number of phosphoric ester groups is 1. The summed E-state index contributed by atoms with van der Waals surface area (Å²) in [6.45, 7) is 8.15. The van der Waals surface area contributed by atoms with Crippen molar-refractivity contribution >= 4 is 31.1 Å². The fourth-order valence-electron chi connectivity index (χ4n) is 4.77. The van der Waals surface area contributed by atoms with Crippen LogP contribution in [0.25, 0.3) is 5.52 Å². The summed E-state index contributed by atoms with van der Waals surface area (Å²) in [6, 6.07) is 5.40. The molecule has 2 unspecified atom stereocenters. The van der Waals surface area contributed by atoms with Crippen molar-refractivity contribution in [2.24, 2.45) is 5.41 Å². The number of rotatable bonds is 11. The van der Waals surface area contributed by atoms with E-state index < -0.39 is 80.8 Å². The van der Waals surface area contributed by atoms with Gasteiger partial charge in [-0.2, -0.15) is 10.4 Å². The first-order valence-corrected chi connectivity index (χ1v) is 14.9. The average Bonchev–Trinajstić information content (AvgIpc) is 3.54. The summed E-state index contributed by atoms with van der Waals surface area (Å²) in [5, 5.41) is 14.5. The number of hydrogen-bond acceptors (Lipinski definition) is 14. The molecule has 2 aliphatic rings. The highest BCUT2D eigenvalue weighted by atomic mass is 31.2. The molecule has 0 radical (unpaired) electrons. The quantitative estimate of drug-likeness (QED) is 0.270. The Balaban J connectivity index is 1.49. The molecule has 0 amide bonds. The molecule has 4 rings (SSSR count). The number of nitrogens with two attached hydrogens (primary N) is 1. The van der Waals surface area contributed by atoms with Crippen molar-refractivity contribution in [3.63, 3.8) is 0 Å². The van der Waals surface area contributed by atoms with Crippen LogP contribution in [0.15, 0.2) is 18.5 Å². The molecule has 0 aliphatic carbocycles. The summed E-state index contributed by atoms with van der Waals surface area (Å²) in [4.78, 5) is 38.1. The number of anilines is 1. The van der Waals surface area contributed by atoms with Crippen LogP contribution in [0.5, 0.6) is 0 Å². The Morgan fingerprint density at radius 3 is 2.60 bits per heavy atom. The van der Waals surface area contributed by atoms with E-state index in [0.29, 0.717) is 11.2 Å². The van der Waals surface area contributed by atoms with E-state index in [-0.39, 0.29) is 12.2 Å². The second kappa shape index (κ2) is 12.1. The molecule has 17 heteroatoms. The summed E-state index contributed by atoms with van der Waals surface area (Å²) in [7, 11) is -4.88. The zero-order valence-corrected chi connectivity index (χ0v) is 25.6. The first-order chi connectivity index (χ1) is 19.9. The van der Waals surface area contributed by atoms with Gasteiger partial charge in [0.05, 0.1) is 18.7 Å². The molecule has 2 aromatic heterocycles. The molecule has 236 valence electrons. The van der Waals surface area contributed by atoms with Crippen molar-refractivity contribution in [3.05, 3.63) is 24.2 Å². The maximum absolute atomic E-state index is 12.9.